The third-order valence-electron chi connectivity index (χ3n) is 3.40. The lowest BCUT2D eigenvalue weighted by atomic mass is 10.1. The fraction of sp³-hybridized carbons (Fsp3) is 0.909. The topological polar surface area (TPSA) is 92.5 Å². The van der Waals surface area contributed by atoms with E-state index in [1.807, 2.05) is 18.9 Å². The molecule has 0 spiro atoms. The highest BCUT2D eigenvalue weighted by Gasteiger charge is 2.30. The summed E-state index contributed by atoms with van der Waals surface area (Å²) < 4.78 is 22.8. The minimum absolute atomic E-state index is 0.0742. The highest BCUT2D eigenvalue weighted by Crippen LogP contribution is 2.16. The van der Waals surface area contributed by atoms with Gasteiger partial charge in [0, 0.05) is 12.6 Å². The van der Waals surface area contributed by atoms with Crippen molar-refractivity contribution in [3.8, 4) is 0 Å². The number of hydrogen-bond acceptors (Lipinski definition) is 5. The molecule has 0 saturated carbocycles. The fourth-order valence-corrected chi connectivity index (χ4v) is 4.03. The van der Waals surface area contributed by atoms with Crippen molar-refractivity contribution >= 4 is 15.7 Å². The number of hydrogen-bond donors (Lipinski definition) is 2. The molecule has 106 valence electrons. The van der Waals surface area contributed by atoms with Gasteiger partial charge in [-0.25, -0.2) is 8.42 Å². The number of carbonyl (C=O) groups excluding carboxylic acids is 1. The molecule has 18 heavy (non-hydrogen) atoms. The lowest BCUT2D eigenvalue weighted by Gasteiger charge is -2.25. The van der Waals surface area contributed by atoms with Crippen LogP contribution in [0.4, 0.5) is 0 Å². The van der Waals surface area contributed by atoms with Crippen LogP contribution >= 0.6 is 0 Å². The monoisotopic (exact) mass is 277 g/mol. The Hall–Kier alpha value is -0.660. The van der Waals surface area contributed by atoms with Crippen molar-refractivity contribution in [2.75, 3.05) is 31.6 Å². The second kappa shape index (κ2) is 6.49. The number of carbonyl (C=O) groups is 1. The standard InChI is InChI=1S/C11H23N3O3S/c1-3-13-10(11(12)15)4-6-14(2)9-5-7-18(16,17)8-9/h9-10,13H,3-8H2,1-2H3,(H2,12,15). The van der Waals surface area contributed by atoms with Crippen LogP contribution in [0.5, 0.6) is 0 Å². The van der Waals surface area contributed by atoms with E-state index in [2.05, 4.69) is 5.32 Å². The Bertz CT molecular complexity index is 383. The summed E-state index contributed by atoms with van der Waals surface area (Å²) in [6.45, 7) is 3.28. The van der Waals surface area contributed by atoms with E-state index in [9.17, 15) is 13.2 Å². The molecule has 7 heteroatoms. The molecule has 1 amide bonds. The van der Waals surface area contributed by atoms with Gasteiger partial charge >= 0.3 is 0 Å². The summed E-state index contributed by atoms with van der Waals surface area (Å²) in [6.07, 6.45) is 1.29. The third kappa shape index (κ3) is 4.55. The summed E-state index contributed by atoms with van der Waals surface area (Å²) >= 11 is 0. The zero-order valence-corrected chi connectivity index (χ0v) is 11.9. The largest absolute Gasteiger partial charge is 0.368 e. The minimum atomic E-state index is -2.85. The normalized spacial score (nSPS) is 24.3. The third-order valence-corrected chi connectivity index (χ3v) is 5.15. The van der Waals surface area contributed by atoms with Crippen LogP contribution in [-0.2, 0) is 14.6 Å². The number of nitrogens with one attached hydrogen (secondary N) is 1. The Labute approximate surface area is 109 Å². The summed E-state index contributed by atoms with van der Waals surface area (Å²) in [7, 11) is -0.956. The average Bonchev–Trinajstić information content (AvgIpc) is 2.64. The van der Waals surface area contributed by atoms with E-state index < -0.39 is 9.84 Å². The molecule has 6 nitrogen and oxygen atoms in total. The zero-order valence-electron chi connectivity index (χ0n) is 11.1. The molecule has 1 saturated heterocycles. The highest BCUT2D eigenvalue weighted by atomic mass is 32.2. The fourth-order valence-electron chi connectivity index (χ4n) is 2.23. The molecule has 0 aromatic heterocycles. The van der Waals surface area contributed by atoms with E-state index in [-0.39, 0.29) is 29.5 Å². The lowest BCUT2D eigenvalue weighted by Crippen LogP contribution is -2.44. The number of primary amides is 1. The van der Waals surface area contributed by atoms with Crippen LogP contribution in [0, 0.1) is 0 Å². The first-order valence-electron chi connectivity index (χ1n) is 6.29. The lowest BCUT2D eigenvalue weighted by molar-refractivity contribution is -0.120. The first-order valence-corrected chi connectivity index (χ1v) is 8.11. The van der Waals surface area contributed by atoms with Crippen molar-refractivity contribution in [1.29, 1.82) is 0 Å². The van der Waals surface area contributed by atoms with E-state index in [4.69, 9.17) is 5.73 Å². The number of nitrogens with two attached hydrogens (primary N) is 1. The SMILES string of the molecule is CCNC(CCN(C)C1CCS(=O)(=O)C1)C(N)=O. The smallest absolute Gasteiger partial charge is 0.234 e. The second-order valence-electron chi connectivity index (χ2n) is 4.84. The number of likely N-dealkylation sites (N-methyl/N-ethyl adjacent to an activating group) is 1. The van der Waals surface area contributed by atoms with Crippen molar-refractivity contribution in [3.05, 3.63) is 0 Å². The molecule has 0 aliphatic carbocycles. The molecule has 0 bridgehead atoms. The van der Waals surface area contributed by atoms with Gasteiger partial charge in [0.25, 0.3) is 0 Å². The predicted molar refractivity (Wildman–Crippen MR) is 71.0 cm³/mol. The molecule has 3 N–H and O–H groups in total. The van der Waals surface area contributed by atoms with Crippen LogP contribution in [0.1, 0.15) is 19.8 Å². The first-order chi connectivity index (χ1) is 8.35. The van der Waals surface area contributed by atoms with Crippen LogP contribution in [0.3, 0.4) is 0 Å². The summed E-state index contributed by atoms with van der Waals surface area (Å²) in [5.41, 5.74) is 5.29. The van der Waals surface area contributed by atoms with Crippen molar-refractivity contribution < 1.29 is 13.2 Å². The Morgan fingerprint density at radius 1 is 1.56 bits per heavy atom. The predicted octanol–water partition coefficient (Wildman–Crippen LogP) is -1.04. The van der Waals surface area contributed by atoms with E-state index in [1.165, 1.54) is 0 Å². The van der Waals surface area contributed by atoms with Gasteiger partial charge < -0.3 is 16.0 Å². The van der Waals surface area contributed by atoms with Gasteiger partial charge in [-0.1, -0.05) is 6.92 Å². The van der Waals surface area contributed by atoms with Crippen molar-refractivity contribution in [2.45, 2.75) is 31.8 Å². The van der Waals surface area contributed by atoms with Gasteiger partial charge in [0.15, 0.2) is 9.84 Å². The zero-order chi connectivity index (χ0) is 13.8. The number of sulfone groups is 1. The number of nitrogens with zero attached hydrogens (tertiary/aromatic N) is 1. The molecule has 1 heterocycles. The summed E-state index contributed by atoms with van der Waals surface area (Å²) in [5, 5.41) is 3.02. The number of rotatable bonds is 7. The molecule has 0 radical (unpaired) electrons. The molecule has 2 unspecified atom stereocenters. The molecular weight excluding hydrogens is 254 g/mol. The van der Waals surface area contributed by atoms with Gasteiger partial charge in [-0.2, -0.15) is 0 Å². The molecule has 1 rings (SSSR count). The van der Waals surface area contributed by atoms with Gasteiger partial charge in [-0.3, -0.25) is 4.79 Å². The Morgan fingerprint density at radius 2 is 2.22 bits per heavy atom. The minimum Gasteiger partial charge on any atom is -0.368 e. The molecule has 2 atom stereocenters. The molecular formula is C11H23N3O3S. The highest BCUT2D eigenvalue weighted by molar-refractivity contribution is 7.91. The Morgan fingerprint density at radius 3 is 2.67 bits per heavy atom. The van der Waals surface area contributed by atoms with E-state index in [0.717, 1.165) is 0 Å². The molecule has 0 aromatic rings. The maximum absolute atomic E-state index is 11.4. The van der Waals surface area contributed by atoms with E-state index >= 15 is 0 Å². The summed E-state index contributed by atoms with van der Waals surface area (Å²) in [4.78, 5) is 13.2. The van der Waals surface area contributed by atoms with Crippen LogP contribution in [0.25, 0.3) is 0 Å². The quantitative estimate of drug-likeness (QED) is 0.620. The van der Waals surface area contributed by atoms with Crippen molar-refractivity contribution in [3.63, 3.8) is 0 Å². The van der Waals surface area contributed by atoms with E-state index in [0.29, 0.717) is 25.9 Å². The molecule has 1 aliphatic rings. The Kier molecular flexibility index (Phi) is 5.55. The van der Waals surface area contributed by atoms with Crippen molar-refractivity contribution in [1.82, 2.24) is 10.2 Å². The molecule has 1 aliphatic heterocycles. The maximum Gasteiger partial charge on any atom is 0.234 e. The van der Waals surface area contributed by atoms with Gasteiger partial charge in [-0.15, -0.1) is 0 Å². The maximum atomic E-state index is 11.4. The molecule has 1 fully saturated rings. The number of amides is 1. The van der Waals surface area contributed by atoms with Crippen LogP contribution in [0.15, 0.2) is 0 Å². The van der Waals surface area contributed by atoms with Gasteiger partial charge in [-0.05, 0) is 26.4 Å². The Balaban J connectivity index is 2.40. The first kappa shape index (κ1) is 15.4. The van der Waals surface area contributed by atoms with Crippen LogP contribution in [-0.4, -0.2) is 63.0 Å². The van der Waals surface area contributed by atoms with Crippen LogP contribution in [0.2, 0.25) is 0 Å². The van der Waals surface area contributed by atoms with Gasteiger partial charge in [0.1, 0.15) is 0 Å². The van der Waals surface area contributed by atoms with E-state index in [1.54, 1.807) is 0 Å². The van der Waals surface area contributed by atoms with Crippen molar-refractivity contribution in [2.24, 2.45) is 5.73 Å². The molecule has 0 aromatic carbocycles. The van der Waals surface area contributed by atoms with Gasteiger partial charge in [0.05, 0.1) is 17.5 Å². The van der Waals surface area contributed by atoms with Gasteiger partial charge in [0.2, 0.25) is 5.91 Å². The summed E-state index contributed by atoms with van der Waals surface area (Å²) in [5.74, 6) is 0.143. The summed E-state index contributed by atoms with van der Waals surface area (Å²) in [6, 6.07) is -0.263. The van der Waals surface area contributed by atoms with Crippen LogP contribution < -0.4 is 11.1 Å². The second-order valence-corrected chi connectivity index (χ2v) is 7.07. The average molecular weight is 277 g/mol.